The number of aromatic nitrogens is 1. The van der Waals surface area contributed by atoms with E-state index < -0.39 is 0 Å². The highest BCUT2D eigenvalue weighted by Gasteiger charge is 2.34. The van der Waals surface area contributed by atoms with Crippen LogP contribution in [0, 0.1) is 0 Å². The molecule has 144 valence electrons. The molecular weight excluding hydrogens is 366 g/mol. The molecular formula is C23H19N3O3. The molecule has 3 amide bonds. The summed E-state index contributed by atoms with van der Waals surface area (Å²) in [5.41, 5.74) is 3.24. The summed E-state index contributed by atoms with van der Waals surface area (Å²) in [7, 11) is 0. The number of amides is 3. The summed E-state index contributed by atoms with van der Waals surface area (Å²) in [5.74, 6) is -0.744. The quantitative estimate of drug-likeness (QED) is 0.662. The van der Waals surface area contributed by atoms with Crippen molar-refractivity contribution in [1.82, 2.24) is 15.2 Å². The van der Waals surface area contributed by atoms with Gasteiger partial charge in [0, 0.05) is 24.5 Å². The minimum Gasteiger partial charge on any atom is -0.352 e. The minimum atomic E-state index is -0.289. The van der Waals surface area contributed by atoms with Crippen LogP contribution in [-0.4, -0.2) is 34.2 Å². The maximum atomic E-state index is 12.5. The number of rotatable bonds is 6. The van der Waals surface area contributed by atoms with Crippen molar-refractivity contribution in [3.05, 3.63) is 101 Å². The van der Waals surface area contributed by atoms with E-state index in [1.54, 1.807) is 60.9 Å². The molecule has 1 aromatic heterocycles. The number of fused-ring (bicyclic) bond motifs is 1. The van der Waals surface area contributed by atoms with Crippen molar-refractivity contribution in [3.8, 4) is 0 Å². The molecule has 2 aromatic carbocycles. The highest BCUT2D eigenvalue weighted by atomic mass is 16.2. The molecule has 0 bridgehead atoms. The Kier molecular flexibility index (Phi) is 5.16. The second-order valence-corrected chi connectivity index (χ2v) is 6.81. The first-order chi connectivity index (χ1) is 14.1. The lowest BCUT2D eigenvalue weighted by Gasteiger charge is -2.14. The number of hydrogen-bond donors (Lipinski definition) is 1. The SMILES string of the molecule is O=C(NCCc1cccnc1)c1ccc(CN2C(=O)c3ccccc3C2=O)cc1. The second kappa shape index (κ2) is 8.06. The lowest BCUT2D eigenvalue weighted by Crippen LogP contribution is -2.29. The number of imide groups is 1. The highest BCUT2D eigenvalue weighted by Crippen LogP contribution is 2.24. The van der Waals surface area contributed by atoms with Crippen LogP contribution >= 0.6 is 0 Å². The minimum absolute atomic E-state index is 0.166. The van der Waals surface area contributed by atoms with Gasteiger partial charge in [-0.1, -0.05) is 30.3 Å². The number of pyridine rings is 1. The lowest BCUT2D eigenvalue weighted by atomic mass is 10.1. The zero-order valence-electron chi connectivity index (χ0n) is 15.7. The fraction of sp³-hybridized carbons (Fsp3) is 0.130. The Morgan fingerprint density at radius 3 is 2.17 bits per heavy atom. The first kappa shape index (κ1) is 18.6. The van der Waals surface area contributed by atoms with Crippen molar-refractivity contribution in [2.45, 2.75) is 13.0 Å². The van der Waals surface area contributed by atoms with Crippen LogP contribution in [0.25, 0.3) is 0 Å². The van der Waals surface area contributed by atoms with Crippen LogP contribution in [0.3, 0.4) is 0 Å². The first-order valence-corrected chi connectivity index (χ1v) is 9.35. The summed E-state index contributed by atoms with van der Waals surface area (Å²) in [6.07, 6.45) is 4.20. The molecule has 0 radical (unpaired) electrons. The molecule has 0 saturated heterocycles. The molecule has 1 N–H and O–H groups in total. The summed E-state index contributed by atoms with van der Waals surface area (Å²) >= 11 is 0. The molecule has 0 fully saturated rings. The Bertz CT molecular complexity index is 1030. The summed E-state index contributed by atoms with van der Waals surface area (Å²) < 4.78 is 0. The van der Waals surface area contributed by atoms with Gasteiger partial charge >= 0.3 is 0 Å². The van der Waals surface area contributed by atoms with Gasteiger partial charge in [-0.3, -0.25) is 24.3 Å². The van der Waals surface area contributed by atoms with E-state index in [9.17, 15) is 14.4 Å². The Balaban J connectivity index is 1.35. The smallest absolute Gasteiger partial charge is 0.261 e. The molecule has 2 heterocycles. The number of nitrogens with one attached hydrogen (secondary N) is 1. The Labute approximate surface area is 168 Å². The van der Waals surface area contributed by atoms with Gasteiger partial charge in [0.25, 0.3) is 17.7 Å². The second-order valence-electron chi connectivity index (χ2n) is 6.81. The molecule has 6 nitrogen and oxygen atoms in total. The standard InChI is InChI=1S/C23H19N3O3/c27-21(25-13-11-16-4-3-12-24-14-16)18-9-7-17(8-10-18)15-26-22(28)19-5-1-2-6-20(19)23(26)29/h1-10,12,14H,11,13,15H2,(H,25,27). The molecule has 1 aliphatic heterocycles. The monoisotopic (exact) mass is 385 g/mol. The van der Waals surface area contributed by atoms with Crippen molar-refractivity contribution in [1.29, 1.82) is 0 Å². The molecule has 0 atom stereocenters. The largest absolute Gasteiger partial charge is 0.352 e. The molecule has 4 rings (SSSR count). The molecule has 0 saturated carbocycles. The summed E-state index contributed by atoms with van der Waals surface area (Å²) in [4.78, 5) is 42.5. The average Bonchev–Trinajstić information content (AvgIpc) is 3.00. The highest BCUT2D eigenvalue weighted by molar-refractivity contribution is 6.21. The third-order valence-corrected chi connectivity index (χ3v) is 4.86. The van der Waals surface area contributed by atoms with Crippen LogP contribution in [0.2, 0.25) is 0 Å². The van der Waals surface area contributed by atoms with Gasteiger partial charge in [-0.05, 0) is 47.9 Å². The molecule has 1 aliphatic rings. The van der Waals surface area contributed by atoms with E-state index in [2.05, 4.69) is 10.3 Å². The Morgan fingerprint density at radius 2 is 1.55 bits per heavy atom. The number of hydrogen-bond acceptors (Lipinski definition) is 4. The van der Waals surface area contributed by atoms with Crippen LogP contribution in [0.1, 0.15) is 42.2 Å². The average molecular weight is 385 g/mol. The van der Waals surface area contributed by atoms with Crippen LogP contribution in [0.15, 0.2) is 73.1 Å². The van der Waals surface area contributed by atoms with E-state index in [1.807, 2.05) is 12.1 Å². The topological polar surface area (TPSA) is 79.4 Å². The fourth-order valence-electron chi connectivity index (χ4n) is 3.30. The van der Waals surface area contributed by atoms with Crippen LogP contribution in [0.4, 0.5) is 0 Å². The predicted octanol–water partition coefficient (Wildman–Crippen LogP) is 2.85. The zero-order valence-corrected chi connectivity index (χ0v) is 15.7. The molecule has 29 heavy (non-hydrogen) atoms. The third kappa shape index (κ3) is 3.91. The number of carbonyl (C=O) groups excluding carboxylic acids is 3. The van der Waals surface area contributed by atoms with Crippen LogP contribution in [0.5, 0.6) is 0 Å². The van der Waals surface area contributed by atoms with Crippen molar-refractivity contribution in [2.24, 2.45) is 0 Å². The maximum Gasteiger partial charge on any atom is 0.261 e. The van der Waals surface area contributed by atoms with Crippen LogP contribution < -0.4 is 5.32 Å². The van der Waals surface area contributed by atoms with E-state index in [4.69, 9.17) is 0 Å². The van der Waals surface area contributed by atoms with Gasteiger partial charge in [0.2, 0.25) is 0 Å². The van der Waals surface area contributed by atoms with E-state index >= 15 is 0 Å². The van der Waals surface area contributed by atoms with E-state index in [0.717, 1.165) is 11.1 Å². The van der Waals surface area contributed by atoms with E-state index in [1.165, 1.54) is 4.90 Å². The van der Waals surface area contributed by atoms with Crippen molar-refractivity contribution >= 4 is 17.7 Å². The summed E-state index contributed by atoms with van der Waals surface area (Å²) in [6.45, 7) is 0.691. The maximum absolute atomic E-state index is 12.5. The van der Waals surface area contributed by atoms with Crippen molar-refractivity contribution in [2.75, 3.05) is 6.54 Å². The summed E-state index contributed by atoms with van der Waals surface area (Å²) in [5, 5.41) is 2.88. The molecule has 0 aliphatic carbocycles. The number of nitrogens with zero attached hydrogens (tertiary/aromatic N) is 2. The normalized spacial score (nSPS) is 12.8. The van der Waals surface area contributed by atoms with Gasteiger partial charge in [-0.15, -0.1) is 0 Å². The molecule has 3 aromatic rings. The lowest BCUT2D eigenvalue weighted by molar-refractivity contribution is 0.0641. The van der Waals surface area contributed by atoms with Gasteiger partial charge in [-0.25, -0.2) is 0 Å². The Morgan fingerprint density at radius 1 is 0.862 bits per heavy atom. The molecule has 0 unspecified atom stereocenters. The van der Waals surface area contributed by atoms with E-state index in [-0.39, 0.29) is 24.3 Å². The van der Waals surface area contributed by atoms with Crippen molar-refractivity contribution < 1.29 is 14.4 Å². The van der Waals surface area contributed by atoms with Gasteiger partial charge in [0.15, 0.2) is 0 Å². The zero-order chi connectivity index (χ0) is 20.2. The van der Waals surface area contributed by atoms with Gasteiger partial charge in [0.05, 0.1) is 17.7 Å². The number of carbonyl (C=O) groups is 3. The summed E-state index contributed by atoms with van der Waals surface area (Å²) in [6, 6.07) is 17.6. The number of benzene rings is 2. The molecule has 0 spiro atoms. The van der Waals surface area contributed by atoms with E-state index in [0.29, 0.717) is 29.7 Å². The van der Waals surface area contributed by atoms with Gasteiger partial charge in [0.1, 0.15) is 0 Å². The third-order valence-electron chi connectivity index (χ3n) is 4.86. The molecule has 6 heteroatoms. The van der Waals surface area contributed by atoms with Crippen molar-refractivity contribution in [3.63, 3.8) is 0 Å². The predicted molar refractivity (Wildman–Crippen MR) is 107 cm³/mol. The van der Waals surface area contributed by atoms with Crippen LogP contribution in [-0.2, 0) is 13.0 Å². The van der Waals surface area contributed by atoms with Gasteiger partial charge < -0.3 is 5.32 Å². The van der Waals surface area contributed by atoms with Gasteiger partial charge in [-0.2, -0.15) is 0 Å². The first-order valence-electron chi connectivity index (χ1n) is 9.35. The fourth-order valence-corrected chi connectivity index (χ4v) is 3.30. The Hall–Kier alpha value is -3.80.